The normalized spacial score (nSPS) is 13.1. The van der Waals surface area contributed by atoms with Crippen LogP contribution in [-0.2, 0) is 0 Å². The van der Waals surface area contributed by atoms with E-state index in [0.29, 0.717) is 0 Å². The fourth-order valence-electron chi connectivity index (χ4n) is 1.11. The van der Waals surface area contributed by atoms with Gasteiger partial charge >= 0.3 is 0 Å². The molecule has 1 atom stereocenters. The number of hydrogen-bond acceptors (Lipinski definition) is 2. The number of hydrogen-bond donors (Lipinski definition) is 0. The van der Waals surface area contributed by atoms with Gasteiger partial charge in [-0.15, -0.1) is 34.3 Å². The van der Waals surface area contributed by atoms with Crippen molar-refractivity contribution in [2.75, 3.05) is 0 Å². The van der Waals surface area contributed by atoms with E-state index >= 15 is 0 Å². The van der Waals surface area contributed by atoms with Crippen LogP contribution in [0.4, 0.5) is 0 Å². The van der Waals surface area contributed by atoms with E-state index in [-0.39, 0.29) is 5.38 Å². The Balaban J connectivity index is 2.31. The highest BCUT2D eigenvalue weighted by molar-refractivity contribution is 14.1. The summed E-state index contributed by atoms with van der Waals surface area (Å²) in [4.78, 5) is 1.07. The van der Waals surface area contributed by atoms with Crippen molar-refractivity contribution in [2.24, 2.45) is 0 Å². The summed E-state index contributed by atoms with van der Waals surface area (Å²) in [6, 6.07) is 4.02. The van der Waals surface area contributed by atoms with Crippen LogP contribution in [0, 0.1) is 2.88 Å². The molecule has 0 nitrogen and oxygen atoms in total. The van der Waals surface area contributed by atoms with Gasteiger partial charge in [0.1, 0.15) is 0 Å². The van der Waals surface area contributed by atoms with Gasteiger partial charge in [0.05, 0.1) is 17.1 Å². The minimum atomic E-state index is -0.0986. The molecule has 0 saturated heterocycles. The molecule has 0 aliphatic heterocycles. The van der Waals surface area contributed by atoms with E-state index in [9.17, 15) is 0 Å². The lowest BCUT2D eigenvalue weighted by molar-refractivity contribution is 1.20. The van der Waals surface area contributed by atoms with Crippen molar-refractivity contribution in [1.29, 1.82) is 0 Å². The summed E-state index contributed by atoms with van der Waals surface area (Å²) in [7, 11) is 0. The van der Waals surface area contributed by atoms with Crippen molar-refractivity contribution >= 4 is 84.4 Å². The maximum atomic E-state index is 6.36. The highest BCUT2D eigenvalue weighted by atomic mass is 127. The highest BCUT2D eigenvalue weighted by Gasteiger charge is 2.16. The Kier molecular flexibility index (Phi) is 4.41. The maximum Gasteiger partial charge on any atom is 0.0937 e. The third kappa shape index (κ3) is 2.90. The molecule has 0 aromatic carbocycles. The van der Waals surface area contributed by atoms with E-state index in [1.165, 1.54) is 2.88 Å². The summed E-state index contributed by atoms with van der Waals surface area (Å²) in [6.45, 7) is 0. The van der Waals surface area contributed by atoms with Crippen LogP contribution in [0.2, 0.25) is 5.02 Å². The Morgan fingerprint density at radius 3 is 2.60 bits per heavy atom. The Bertz CT molecular complexity index is 461. The van der Waals surface area contributed by atoms with E-state index in [1.807, 2.05) is 6.07 Å². The molecule has 2 rings (SSSR count). The minimum Gasteiger partial charge on any atom is -0.137 e. The topological polar surface area (TPSA) is 0 Å². The monoisotopic (exact) mass is 452 g/mol. The predicted octanol–water partition coefficient (Wildman–Crippen LogP) is 6.16. The first-order valence-corrected chi connectivity index (χ1v) is 8.29. The van der Waals surface area contributed by atoms with Gasteiger partial charge in [0, 0.05) is 4.88 Å². The molecule has 0 bridgehead atoms. The van der Waals surface area contributed by atoms with Gasteiger partial charge in [-0.2, -0.15) is 0 Å². The molecule has 1 unspecified atom stereocenters. The fraction of sp³-hybridized carbons (Fsp3) is 0.111. The molecule has 2 aromatic rings. The number of alkyl halides is 1. The lowest BCUT2D eigenvalue weighted by atomic mass is 10.2. The van der Waals surface area contributed by atoms with Gasteiger partial charge in [-0.1, -0.05) is 11.6 Å². The molecule has 0 amide bonds. The van der Waals surface area contributed by atoms with Gasteiger partial charge in [0.2, 0.25) is 0 Å². The zero-order valence-corrected chi connectivity index (χ0v) is 14.0. The maximum absolute atomic E-state index is 6.36. The Morgan fingerprint density at radius 2 is 2.13 bits per heavy atom. The van der Waals surface area contributed by atoms with Gasteiger partial charge in [-0.3, -0.25) is 0 Å². The van der Waals surface area contributed by atoms with E-state index in [0.717, 1.165) is 19.2 Å². The predicted molar refractivity (Wildman–Crippen MR) is 81.8 cm³/mol. The number of thiophene rings is 2. The third-order valence-electron chi connectivity index (χ3n) is 1.79. The average molecular weight is 454 g/mol. The van der Waals surface area contributed by atoms with Gasteiger partial charge in [0.25, 0.3) is 0 Å². The van der Waals surface area contributed by atoms with Crippen LogP contribution >= 0.6 is 84.4 Å². The Morgan fingerprint density at radius 1 is 1.40 bits per heavy atom. The van der Waals surface area contributed by atoms with Crippen LogP contribution < -0.4 is 0 Å². The quantitative estimate of drug-likeness (QED) is 0.377. The van der Waals surface area contributed by atoms with Gasteiger partial charge in [-0.05, 0) is 61.6 Å². The van der Waals surface area contributed by atoms with Crippen LogP contribution in [0.25, 0.3) is 0 Å². The zero-order valence-electron chi connectivity index (χ0n) is 7.14. The van der Waals surface area contributed by atoms with Gasteiger partial charge in [0.15, 0.2) is 0 Å². The second kappa shape index (κ2) is 5.23. The molecule has 80 valence electrons. The van der Waals surface area contributed by atoms with Crippen molar-refractivity contribution in [2.45, 2.75) is 5.38 Å². The largest absolute Gasteiger partial charge is 0.137 e. The van der Waals surface area contributed by atoms with Crippen molar-refractivity contribution in [3.63, 3.8) is 0 Å². The van der Waals surface area contributed by atoms with Crippen LogP contribution in [-0.4, -0.2) is 0 Å². The van der Waals surface area contributed by atoms with Crippen molar-refractivity contribution in [1.82, 2.24) is 0 Å². The van der Waals surface area contributed by atoms with E-state index in [1.54, 1.807) is 22.7 Å². The smallest absolute Gasteiger partial charge is 0.0937 e. The molecule has 0 spiro atoms. The molecule has 0 aliphatic carbocycles. The SMILES string of the molecule is Clc1cc(C(Cl)c2csc(I)c2)sc1Br. The molecule has 0 aliphatic rings. The molecule has 15 heavy (non-hydrogen) atoms. The van der Waals surface area contributed by atoms with Crippen molar-refractivity contribution < 1.29 is 0 Å². The Labute approximate surface area is 128 Å². The number of halogens is 4. The molecular weight excluding hydrogens is 450 g/mol. The summed E-state index contributed by atoms with van der Waals surface area (Å²) in [5, 5.41) is 2.71. The zero-order chi connectivity index (χ0) is 11.0. The first-order chi connectivity index (χ1) is 7.08. The lowest BCUT2D eigenvalue weighted by Crippen LogP contribution is -1.85. The van der Waals surface area contributed by atoms with Crippen LogP contribution in [0.15, 0.2) is 21.3 Å². The molecule has 6 heteroatoms. The second-order valence-corrected chi connectivity index (χ2v) is 8.87. The molecule has 2 aromatic heterocycles. The van der Waals surface area contributed by atoms with Crippen LogP contribution in [0.5, 0.6) is 0 Å². The van der Waals surface area contributed by atoms with Crippen LogP contribution in [0.1, 0.15) is 15.8 Å². The first-order valence-electron chi connectivity index (χ1n) is 3.90. The molecule has 0 saturated carbocycles. The molecule has 0 radical (unpaired) electrons. The summed E-state index contributed by atoms with van der Waals surface area (Å²) >= 11 is 21.3. The van der Waals surface area contributed by atoms with Gasteiger partial charge < -0.3 is 0 Å². The Hall–Kier alpha value is 1.19. The third-order valence-corrected chi connectivity index (χ3v) is 6.76. The lowest BCUT2D eigenvalue weighted by Gasteiger charge is -2.02. The molecular formula is C9H4BrCl2IS2. The van der Waals surface area contributed by atoms with E-state index in [2.05, 4.69) is 50.0 Å². The standard InChI is InChI=1S/C9H4BrCl2IS2/c10-9-5(11)2-6(15-9)8(12)4-1-7(13)14-3-4/h1-3,8H. The summed E-state index contributed by atoms with van der Waals surface area (Å²) < 4.78 is 2.18. The first kappa shape index (κ1) is 12.6. The molecule has 2 heterocycles. The van der Waals surface area contributed by atoms with E-state index < -0.39 is 0 Å². The fourth-order valence-corrected chi connectivity index (χ4v) is 4.66. The summed E-state index contributed by atoms with van der Waals surface area (Å²) in [6.07, 6.45) is 0. The van der Waals surface area contributed by atoms with Crippen molar-refractivity contribution in [3.8, 4) is 0 Å². The minimum absolute atomic E-state index is 0.0986. The summed E-state index contributed by atoms with van der Waals surface area (Å²) in [5.74, 6) is 0. The number of rotatable bonds is 2. The highest BCUT2D eigenvalue weighted by Crippen LogP contribution is 2.41. The summed E-state index contributed by atoms with van der Waals surface area (Å²) in [5.41, 5.74) is 1.14. The van der Waals surface area contributed by atoms with Crippen LogP contribution in [0.3, 0.4) is 0 Å². The average Bonchev–Trinajstić information content (AvgIpc) is 2.74. The van der Waals surface area contributed by atoms with Gasteiger partial charge in [-0.25, -0.2) is 0 Å². The molecule has 0 fully saturated rings. The van der Waals surface area contributed by atoms with Crippen molar-refractivity contribution in [3.05, 3.63) is 39.6 Å². The second-order valence-electron chi connectivity index (χ2n) is 2.82. The van der Waals surface area contributed by atoms with E-state index in [4.69, 9.17) is 23.2 Å². The molecule has 0 N–H and O–H groups in total.